The van der Waals surface area contributed by atoms with Gasteiger partial charge in [0, 0.05) is 43.7 Å². The number of nitrogens with zero attached hydrogens (tertiary/aromatic N) is 2. The number of carbonyl (C=O) groups is 1. The minimum Gasteiger partial charge on any atom is -0.464 e. The van der Waals surface area contributed by atoms with Crippen LogP contribution in [0.15, 0.2) is 34.9 Å². The fourth-order valence-electron chi connectivity index (χ4n) is 2.75. The number of nitrogens with one attached hydrogen (secondary N) is 1. The first-order valence-corrected chi connectivity index (χ1v) is 7.36. The third-order valence-corrected chi connectivity index (χ3v) is 3.88. The average molecular weight is 324 g/mol. The van der Waals surface area contributed by atoms with E-state index in [4.69, 9.17) is 4.42 Å². The number of fused-ring (bicyclic) bond motifs is 1. The van der Waals surface area contributed by atoms with Crippen molar-refractivity contribution in [3.63, 3.8) is 0 Å². The third-order valence-electron chi connectivity index (χ3n) is 3.88. The molecular weight excluding hydrogens is 302 g/mol. The molecule has 3 rings (SSSR count). The van der Waals surface area contributed by atoms with Gasteiger partial charge < -0.3 is 14.6 Å². The number of furan rings is 1. The molecular formula is C16H22ClN3O2. The highest BCUT2D eigenvalue weighted by molar-refractivity contribution is 5.85. The van der Waals surface area contributed by atoms with Crippen molar-refractivity contribution in [1.82, 2.24) is 15.1 Å². The van der Waals surface area contributed by atoms with Gasteiger partial charge in [0.05, 0.1) is 12.8 Å². The van der Waals surface area contributed by atoms with Crippen molar-refractivity contribution in [1.29, 1.82) is 0 Å². The monoisotopic (exact) mass is 323 g/mol. The Morgan fingerprint density at radius 1 is 1.32 bits per heavy atom. The van der Waals surface area contributed by atoms with Crippen molar-refractivity contribution in [2.75, 3.05) is 39.8 Å². The van der Waals surface area contributed by atoms with Crippen LogP contribution >= 0.6 is 12.4 Å². The Labute approximate surface area is 136 Å². The second-order valence-corrected chi connectivity index (χ2v) is 5.56. The summed E-state index contributed by atoms with van der Waals surface area (Å²) in [7, 11) is 1.97. The molecule has 1 aliphatic heterocycles. The lowest BCUT2D eigenvalue weighted by Gasteiger charge is -2.29. The largest absolute Gasteiger partial charge is 0.464 e. The highest BCUT2D eigenvalue weighted by atomic mass is 35.5. The number of hydrogen-bond acceptors (Lipinski definition) is 4. The van der Waals surface area contributed by atoms with Crippen molar-refractivity contribution in [3.05, 3.63) is 36.1 Å². The van der Waals surface area contributed by atoms with E-state index < -0.39 is 0 Å². The second kappa shape index (κ2) is 7.63. The first kappa shape index (κ1) is 16.8. The predicted octanol–water partition coefficient (Wildman–Crippen LogP) is 1.72. The van der Waals surface area contributed by atoms with Gasteiger partial charge in [-0.1, -0.05) is 18.2 Å². The Morgan fingerprint density at radius 3 is 2.82 bits per heavy atom. The molecule has 1 aliphatic rings. The molecule has 5 nitrogen and oxygen atoms in total. The van der Waals surface area contributed by atoms with Crippen molar-refractivity contribution >= 4 is 29.3 Å². The van der Waals surface area contributed by atoms with E-state index in [2.05, 4.69) is 11.4 Å². The van der Waals surface area contributed by atoms with E-state index in [1.54, 1.807) is 6.26 Å². The average Bonchev–Trinajstić information content (AvgIpc) is 2.91. The smallest absolute Gasteiger partial charge is 0.236 e. The topological polar surface area (TPSA) is 48.7 Å². The SMILES string of the molecule is CN(CC(=O)N1CCNCC1)Cc1coc2ccccc12.Cl. The Hall–Kier alpha value is -1.56. The van der Waals surface area contributed by atoms with Gasteiger partial charge in [0.15, 0.2) is 0 Å². The van der Waals surface area contributed by atoms with Crippen molar-refractivity contribution in [2.45, 2.75) is 6.54 Å². The van der Waals surface area contributed by atoms with Crippen molar-refractivity contribution < 1.29 is 9.21 Å². The molecule has 1 N–H and O–H groups in total. The molecule has 0 spiro atoms. The Balaban J connectivity index is 0.00000176. The van der Waals surface area contributed by atoms with E-state index >= 15 is 0 Å². The molecule has 0 bridgehead atoms. The molecule has 0 radical (unpaired) electrons. The molecule has 2 heterocycles. The van der Waals surface area contributed by atoms with E-state index in [1.165, 1.54) is 0 Å². The molecule has 0 unspecified atom stereocenters. The summed E-state index contributed by atoms with van der Waals surface area (Å²) < 4.78 is 5.54. The van der Waals surface area contributed by atoms with Gasteiger partial charge >= 0.3 is 0 Å². The van der Waals surface area contributed by atoms with E-state index in [0.717, 1.165) is 49.3 Å². The highest BCUT2D eigenvalue weighted by Gasteiger charge is 2.18. The summed E-state index contributed by atoms with van der Waals surface area (Å²) >= 11 is 0. The van der Waals surface area contributed by atoms with Crippen LogP contribution < -0.4 is 5.32 Å². The molecule has 0 saturated carbocycles. The Morgan fingerprint density at radius 2 is 2.05 bits per heavy atom. The first-order chi connectivity index (χ1) is 10.2. The van der Waals surface area contributed by atoms with Crippen LogP contribution in [0.5, 0.6) is 0 Å². The zero-order chi connectivity index (χ0) is 14.7. The number of hydrogen-bond donors (Lipinski definition) is 1. The van der Waals surface area contributed by atoms with Gasteiger partial charge in [-0.25, -0.2) is 0 Å². The second-order valence-electron chi connectivity index (χ2n) is 5.56. The minimum atomic E-state index is 0. The van der Waals surface area contributed by atoms with Gasteiger partial charge in [0.25, 0.3) is 0 Å². The number of piperazine rings is 1. The lowest BCUT2D eigenvalue weighted by molar-refractivity contribution is -0.132. The van der Waals surface area contributed by atoms with Crippen molar-refractivity contribution in [3.8, 4) is 0 Å². The molecule has 1 amide bonds. The molecule has 2 aromatic rings. The number of amides is 1. The standard InChI is InChI=1S/C16H21N3O2.ClH/c1-18(11-16(20)19-8-6-17-7-9-19)10-13-12-21-15-5-3-2-4-14(13)15;/h2-5,12,17H,6-11H2,1H3;1H. The maximum Gasteiger partial charge on any atom is 0.236 e. The van der Waals surface area contributed by atoms with Crippen LogP contribution in [0.3, 0.4) is 0 Å². The summed E-state index contributed by atoms with van der Waals surface area (Å²) in [6.45, 7) is 4.56. The summed E-state index contributed by atoms with van der Waals surface area (Å²) in [5, 5.41) is 4.38. The molecule has 6 heteroatoms. The number of likely N-dealkylation sites (N-methyl/N-ethyl adjacent to an activating group) is 1. The zero-order valence-corrected chi connectivity index (χ0v) is 13.6. The van der Waals surface area contributed by atoms with Crippen molar-refractivity contribution in [2.24, 2.45) is 0 Å². The van der Waals surface area contributed by atoms with Gasteiger partial charge in [0.2, 0.25) is 5.91 Å². The predicted molar refractivity (Wildman–Crippen MR) is 89.2 cm³/mol. The maximum atomic E-state index is 12.2. The summed E-state index contributed by atoms with van der Waals surface area (Å²) in [6.07, 6.45) is 1.79. The van der Waals surface area contributed by atoms with Crippen LogP contribution in [-0.2, 0) is 11.3 Å². The summed E-state index contributed by atoms with van der Waals surface area (Å²) in [4.78, 5) is 16.2. The molecule has 1 fully saturated rings. The van der Waals surface area contributed by atoms with Gasteiger partial charge in [-0.05, 0) is 13.1 Å². The van der Waals surface area contributed by atoms with Crippen LogP contribution in [0, 0.1) is 0 Å². The lowest BCUT2D eigenvalue weighted by atomic mass is 10.1. The van der Waals surface area contributed by atoms with Crippen LogP contribution in [0.4, 0.5) is 0 Å². The molecule has 1 aromatic carbocycles. The summed E-state index contributed by atoms with van der Waals surface area (Å²) in [5.41, 5.74) is 2.02. The Bertz CT molecular complexity index is 623. The fraction of sp³-hybridized carbons (Fsp3) is 0.438. The number of benzene rings is 1. The lowest BCUT2D eigenvalue weighted by Crippen LogP contribution is -2.49. The normalized spacial score (nSPS) is 15.1. The van der Waals surface area contributed by atoms with Crippen LogP contribution in [0.1, 0.15) is 5.56 Å². The zero-order valence-electron chi connectivity index (χ0n) is 12.7. The highest BCUT2D eigenvalue weighted by Crippen LogP contribution is 2.21. The van der Waals surface area contributed by atoms with Gasteiger partial charge in [-0.3, -0.25) is 9.69 Å². The molecule has 22 heavy (non-hydrogen) atoms. The van der Waals surface area contributed by atoms with Crippen LogP contribution in [0.25, 0.3) is 11.0 Å². The molecule has 1 saturated heterocycles. The number of rotatable bonds is 4. The Kier molecular flexibility index (Phi) is 5.83. The molecule has 0 atom stereocenters. The van der Waals surface area contributed by atoms with Crippen LogP contribution in [0.2, 0.25) is 0 Å². The van der Waals surface area contributed by atoms with E-state index in [0.29, 0.717) is 6.54 Å². The van der Waals surface area contributed by atoms with Gasteiger partial charge in [0.1, 0.15) is 5.58 Å². The molecule has 120 valence electrons. The van der Waals surface area contributed by atoms with E-state index in [-0.39, 0.29) is 18.3 Å². The van der Waals surface area contributed by atoms with Crippen LogP contribution in [-0.4, -0.2) is 55.5 Å². The van der Waals surface area contributed by atoms with Gasteiger partial charge in [-0.15, -0.1) is 12.4 Å². The summed E-state index contributed by atoms with van der Waals surface area (Å²) in [6, 6.07) is 7.99. The third kappa shape index (κ3) is 3.80. The number of halogens is 1. The number of para-hydroxylation sites is 1. The first-order valence-electron chi connectivity index (χ1n) is 7.36. The molecule has 1 aromatic heterocycles. The fourth-order valence-corrected chi connectivity index (χ4v) is 2.75. The van der Waals surface area contributed by atoms with E-state index in [1.807, 2.05) is 35.0 Å². The minimum absolute atomic E-state index is 0. The molecule has 0 aliphatic carbocycles. The summed E-state index contributed by atoms with van der Waals surface area (Å²) in [5.74, 6) is 0.201. The quantitative estimate of drug-likeness (QED) is 0.930. The van der Waals surface area contributed by atoms with Gasteiger partial charge in [-0.2, -0.15) is 0 Å². The maximum absolute atomic E-state index is 12.2. The number of carbonyl (C=O) groups excluding carboxylic acids is 1. The van der Waals surface area contributed by atoms with E-state index in [9.17, 15) is 4.79 Å².